The second-order valence-corrected chi connectivity index (χ2v) is 5.13. The Balaban J connectivity index is 0.00000180. The fraction of sp³-hybridized carbons (Fsp3) is 0.417. The lowest BCUT2D eigenvalue weighted by Gasteiger charge is -2.13. The minimum Gasteiger partial charge on any atom is -0.506 e. The van der Waals surface area contributed by atoms with E-state index in [2.05, 4.69) is 21.2 Å². The molecular weight excluding hydrogens is 336 g/mol. The van der Waals surface area contributed by atoms with Gasteiger partial charge in [-0.05, 0) is 31.0 Å². The summed E-state index contributed by atoms with van der Waals surface area (Å²) in [6.07, 6.45) is 0.912. The van der Waals surface area contributed by atoms with Gasteiger partial charge in [-0.2, -0.15) is 0 Å². The zero-order valence-corrected chi connectivity index (χ0v) is 12.5. The predicted molar refractivity (Wildman–Crippen MR) is 78.6 cm³/mol. The number of hydrogen-bond acceptors (Lipinski definition) is 4. The largest absolute Gasteiger partial charge is 0.506 e. The van der Waals surface area contributed by atoms with Crippen LogP contribution in [0.15, 0.2) is 22.7 Å². The van der Waals surface area contributed by atoms with Crippen LogP contribution in [0.25, 0.3) is 0 Å². The van der Waals surface area contributed by atoms with Crippen LogP contribution >= 0.6 is 28.3 Å². The van der Waals surface area contributed by atoms with E-state index in [1.54, 1.807) is 12.1 Å². The molecule has 0 spiro atoms. The standard InChI is InChI=1S/C12H15BrN2O3.ClH/c13-7-1-3-10(16)9(5-7)15-12(17)11-4-2-8(6-14)18-11;/h1,3,5,8,11,16H,2,4,6,14H2,(H,15,17);1H/t8-,11+;/m1./s1. The fourth-order valence-electron chi connectivity index (χ4n) is 1.89. The summed E-state index contributed by atoms with van der Waals surface area (Å²) in [7, 11) is 0. The average Bonchev–Trinajstić information content (AvgIpc) is 2.82. The number of carbonyl (C=O) groups is 1. The normalized spacial score (nSPS) is 21.8. The molecule has 0 aliphatic carbocycles. The first-order chi connectivity index (χ1) is 8.60. The highest BCUT2D eigenvalue weighted by Crippen LogP contribution is 2.28. The summed E-state index contributed by atoms with van der Waals surface area (Å²) in [6, 6.07) is 4.85. The maximum atomic E-state index is 11.9. The number of phenolic OH excluding ortho intramolecular Hbond substituents is 1. The van der Waals surface area contributed by atoms with E-state index in [0.717, 1.165) is 10.9 Å². The zero-order chi connectivity index (χ0) is 13.1. The number of benzene rings is 1. The van der Waals surface area contributed by atoms with Gasteiger partial charge in [-0.25, -0.2) is 0 Å². The van der Waals surface area contributed by atoms with Gasteiger partial charge in [-0.15, -0.1) is 12.4 Å². The maximum Gasteiger partial charge on any atom is 0.253 e. The molecule has 0 aromatic heterocycles. The van der Waals surface area contributed by atoms with Gasteiger partial charge in [-0.1, -0.05) is 15.9 Å². The molecule has 1 heterocycles. The molecule has 1 fully saturated rings. The molecular formula is C12H16BrClN2O3. The SMILES string of the molecule is Cl.NC[C@H]1CC[C@@H](C(=O)Nc2cc(Br)ccc2O)O1. The number of nitrogens with two attached hydrogens (primary N) is 1. The number of hydrogen-bond donors (Lipinski definition) is 3. The van der Waals surface area contributed by atoms with Crippen molar-refractivity contribution in [3.8, 4) is 5.75 Å². The maximum absolute atomic E-state index is 11.9. The summed E-state index contributed by atoms with van der Waals surface area (Å²) >= 11 is 3.28. The van der Waals surface area contributed by atoms with Gasteiger partial charge in [0.05, 0.1) is 11.8 Å². The number of amides is 1. The third kappa shape index (κ3) is 4.07. The van der Waals surface area contributed by atoms with E-state index in [9.17, 15) is 9.90 Å². The lowest BCUT2D eigenvalue weighted by molar-refractivity contribution is -0.126. The van der Waals surface area contributed by atoms with Gasteiger partial charge in [-0.3, -0.25) is 4.79 Å². The number of aromatic hydroxyl groups is 1. The van der Waals surface area contributed by atoms with Gasteiger partial charge in [0.25, 0.3) is 5.91 Å². The molecule has 0 unspecified atom stereocenters. The number of ether oxygens (including phenoxy) is 1. The van der Waals surface area contributed by atoms with Crippen molar-refractivity contribution in [3.05, 3.63) is 22.7 Å². The summed E-state index contributed by atoms with van der Waals surface area (Å²) in [4.78, 5) is 11.9. The molecule has 1 aliphatic heterocycles. The van der Waals surface area contributed by atoms with E-state index < -0.39 is 6.10 Å². The van der Waals surface area contributed by atoms with Gasteiger partial charge in [0, 0.05) is 11.0 Å². The Morgan fingerprint density at radius 1 is 1.53 bits per heavy atom. The number of rotatable bonds is 3. The van der Waals surface area contributed by atoms with Gasteiger partial charge < -0.3 is 20.9 Å². The Morgan fingerprint density at radius 3 is 2.89 bits per heavy atom. The lowest BCUT2D eigenvalue weighted by Crippen LogP contribution is -2.29. The van der Waals surface area contributed by atoms with Gasteiger partial charge in [0.15, 0.2) is 0 Å². The Bertz CT molecular complexity index is 459. The van der Waals surface area contributed by atoms with Crippen LogP contribution in [0.1, 0.15) is 12.8 Å². The number of halogens is 2. The third-order valence-electron chi connectivity index (χ3n) is 2.88. The summed E-state index contributed by atoms with van der Waals surface area (Å²) in [5, 5.41) is 12.3. The van der Waals surface area contributed by atoms with E-state index in [4.69, 9.17) is 10.5 Å². The van der Waals surface area contributed by atoms with Crippen LogP contribution in [0.4, 0.5) is 5.69 Å². The highest BCUT2D eigenvalue weighted by Gasteiger charge is 2.30. The quantitative estimate of drug-likeness (QED) is 0.727. The van der Waals surface area contributed by atoms with Crippen molar-refractivity contribution in [1.29, 1.82) is 0 Å². The summed E-state index contributed by atoms with van der Waals surface area (Å²) in [5.41, 5.74) is 5.86. The van der Waals surface area contributed by atoms with Crippen molar-refractivity contribution in [2.45, 2.75) is 25.0 Å². The molecule has 5 nitrogen and oxygen atoms in total. The highest BCUT2D eigenvalue weighted by molar-refractivity contribution is 9.10. The first-order valence-electron chi connectivity index (χ1n) is 5.75. The first kappa shape index (κ1) is 16.2. The van der Waals surface area contributed by atoms with Crippen molar-refractivity contribution in [1.82, 2.24) is 0 Å². The summed E-state index contributed by atoms with van der Waals surface area (Å²) < 4.78 is 6.26. The predicted octanol–water partition coefficient (Wildman–Crippen LogP) is 2.02. The minimum absolute atomic E-state index is 0. The minimum atomic E-state index is -0.489. The zero-order valence-electron chi connectivity index (χ0n) is 10.1. The summed E-state index contributed by atoms with van der Waals surface area (Å²) in [6.45, 7) is 0.423. The molecule has 0 bridgehead atoms. The smallest absolute Gasteiger partial charge is 0.253 e. The fourth-order valence-corrected chi connectivity index (χ4v) is 2.25. The van der Waals surface area contributed by atoms with E-state index in [1.807, 2.05) is 0 Å². The summed E-state index contributed by atoms with van der Waals surface area (Å²) in [5.74, 6) is -0.223. The molecule has 1 aromatic rings. The van der Waals surface area contributed by atoms with Crippen LogP contribution < -0.4 is 11.1 Å². The van der Waals surface area contributed by atoms with Crippen molar-refractivity contribution < 1.29 is 14.6 Å². The first-order valence-corrected chi connectivity index (χ1v) is 6.54. The molecule has 1 aromatic carbocycles. The number of anilines is 1. The van der Waals surface area contributed by atoms with E-state index in [0.29, 0.717) is 18.7 Å². The molecule has 0 saturated carbocycles. The van der Waals surface area contributed by atoms with Crippen LogP contribution in [0, 0.1) is 0 Å². The van der Waals surface area contributed by atoms with Crippen LogP contribution in [0.2, 0.25) is 0 Å². The van der Waals surface area contributed by atoms with Crippen LogP contribution in [-0.4, -0.2) is 29.8 Å². The van der Waals surface area contributed by atoms with Crippen molar-refractivity contribution in [2.24, 2.45) is 5.73 Å². The molecule has 106 valence electrons. The number of phenols is 1. The Morgan fingerprint density at radius 2 is 2.26 bits per heavy atom. The van der Waals surface area contributed by atoms with Crippen molar-refractivity contribution >= 4 is 39.9 Å². The number of nitrogens with one attached hydrogen (secondary N) is 1. The van der Waals surface area contributed by atoms with Crippen molar-refractivity contribution in [2.75, 3.05) is 11.9 Å². The van der Waals surface area contributed by atoms with Crippen LogP contribution in [-0.2, 0) is 9.53 Å². The second kappa shape index (κ2) is 7.09. The highest BCUT2D eigenvalue weighted by atomic mass is 79.9. The lowest BCUT2D eigenvalue weighted by atomic mass is 10.2. The van der Waals surface area contributed by atoms with Crippen molar-refractivity contribution in [3.63, 3.8) is 0 Å². The second-order valence-electron chi connectivity index (χ2n) is 4.21. The molecule has 2 rings (SSSR count). The van der Waals surface area contributed by atoms with Gasteiger partial charge >= 0.3 is 0 Å². The van der Waals surface area contributed by atoms with Gasteiger partial charge in [0.1, 0.15) is 11.9 Å². The van der Waals surface area contributed by atoms with Crippen LogP contribution in [0.3, 0.4) is 0 Å². The molecule has 1 aliphatic rings. The number of carbonyl (C=O) groups excluding carboxylic acids is 1. The van der Waals surface area contributed by atoms with Crippen LogP contribution in [0.5, 0.6) is 5.75 Å². The Kier molecular flexibility index (Phi) is 6.06. The van der Waals surface area contributed by atoms with Gasteiger partial charge in [0.2, 0.25) is 0 Å². The molecule has 1 saturated heterocycles. The van der Waals surface area contributed by atoms with E-state index >= 15 is 0 Å². The molecule has 0 radical (unpaired) electrons. The molecule has 1 amide bonds. The monoisotopic (exact) mass is 350 g/mol. The Hall–Kier alpha value is -0.820. The third-order valence-corrected chi connectivity index (χ3v) is 3.37. The molecule has 2 atom stereocenters. The molecule has 7 heteroatoms. The van der Waals surface area contributed by atoms with E-state index in [-0.39, 0.29) is 30.2 Å². The topological polar surface area (TPSA) is 84.6 Å². The van der Waals surface area contributed by atoms with E-state index in [1.165, 1.54) is 6.07 Å². The molecule has 4 N–H and O–H groups in total. The Labute approximate surface area is 126 Å². The average molecular weight is 352 g/mol. The molecule has 19 heavy (non-hydrogen) atoms.